The van der Waals surface area contributed by atoms with Crippen molar-refractivity contribution in [1.29, 1.82) is 0 Å². The molecule has 0 aliphatic carbocycles. The predicted octanol–water partition coefficient (Wildman–Crippen LogP) is 1.90. The fraction of sp³-hybridized carbons (Fsp3) is 0.455. The maximum absolute atomic E-state index is 9.76. The van der Waals surface area contributed by atoms with Crippen LogP contribution in [0.1, 0.15) is 25.0 Å². The summed E-state index contributed by atoms with van der Waals surface area (Å²) in [6, 6.07) is 3.72. The molecule has 0 spiro atoms. The number of ether oxygens (including phenoxy) is 1. The lowest BCUT2D eigenvalue weighted by atomic mass is 9.93. The van der Waals surface area contributed by atoms with Crippen LogP contribution in [-0.4, -0.2) is 12.2 Å². The summed E-state index contributed by atoms with van der Waals surface area (Å²) in [6.45, 7) is 5.57. The van der Waals surface area contributed by atoms with Crippen molar-refractivity contribution in [3.8, 4) is 11.5 Å². The van der Waals surface area contributed by atoms with Crippen LogP contribution in [0.2, 0.25) is 0 Å². The Morgan fingerprint density at radius 1 is 1.36 bits per heavy atom. The number of phenols is 1. The number of nitrogens with two attached hydrogens (primary N) is 1. The minimum atomic E-state index is -0.517. The van der Waals surface area contributed by atoms with Crippen molar-refractivity contribution < 1.29 is 9.84 Å². The van der Waals surface area contributed by atoms with Crippen LogP contribution < -0.4 is 10.5 Å². The van der Waals surface area contributed by atoms with E-state index in [-0.39, 0.29) is 5.75 Å². The molecule has 0 unspecified atom stereocenters. The smallest absolute Gasteiger partial charge is 0.165 e. The van der Waals surface area contributed by atoms with Gasteiger partial charge in [0.15, 0.2) is 11.5 Å². The molecule has 0 amide bonds. The highest BCUT2D eigenvalue weighted by Gasteiger charge is 2.22. The third kappa shape index (κ3) is 1.82. The van der Waals surface area contributed by atoms with Gasteiger partial charge in [0.05, 0.1) is 7.11 Å². The maximum atomic E-state index is 9.76. The summed E-state index contributed by atoms with van der Waals surface area (Å²) in [7, 11) is 1.53. The SMILES string of the molecule is COc1c(C(C)(C)N)ccc(C)c1O. The van der Waals surface area contributed by atoms with Gasteiger partial charge in [-0.3, -0.25) is 0 Å². The van der Waals surface area contributed by atoms with Crippen molar-refractivity contribution in [2.75, 3.05) is 7.11 Å². The van der Waals surface area contributed by atoms with E-state index in [2.05, 4.69) is 0 Å². The van der Waals surface area contributed by atoms with Crippen LogP contribution in [0.4, 0.5) is 0 Å². The van der Waals surface area contributed by atoms with E-state index in [1.54, 1.807) is 0 Å². The van der Waals surface area contributed by atoms with E-state index >= 15 is 0 Å². The molecule has 0 radical (unpaired) electrons. The number of hydrogen-bond donors (Lipinski definition) is 2. The number of hydrogen-bond acceptors (Lipinski definition) is 3. The molecule has 0 aliphatic heterocycles. The standard InChI is InChI=1S/C11H17NO2/c1-7-5-6-8(11(2,3)12)10(14-4)9(7)13/h5-6,13H,12H2,1-4H3. The third-order valence-electron chi connectivity index (χ3n) is 2.23. The highest BCUT2D eigenvalue weighted by molar-refractivity contribution is 5.52. The number of benzene rings is 1. The minimum Gasteiger partial charge on any atom is -0.504 e. The Morgan fingerprint density at radius 3 is 2.36 bits per heavy atom. The molecule has 0 aromatic heterocycles. The van der Waals surface area contributed by atoms with Gasteiger partial charge in [-0.05, 0) is 26.3 Å². The van der Waals surface area contributed by atoms with Gasteiger partial charge in [0.1, 0.15) is 0 Å². The quantitative estimate of drug-likeness (QED) is 0.757. The monoisotopic (exact) mass is 195 g/mol. The summed E-state index contributed by atoms with van der Waals surface area (Å²) in [5.41, 5.74) is 7.04. The summed E-state index contributed by atoms with van der Waals surface area (Å²) in [6.07, 6.45) is 0. The highest BCUT2D eigenvalue weighted by atomic mass is 16.5. The zero-order chi connectivity index (χ0) is 10.9. The van der Waals surface area contributed by atoms with E-state index in [4.69, 9.17) is 10.5 Å². The fourth-order valence-corrected chi connectivity index (χ4v) is 1.38. The molecule has 0 heterocycles. The number of phenolic OH excluding ortho intramolecular Hbond substituents is 1. The predicted molar refractivity (Wildman–Crippen MR) is 56.6 cm³/mol. The summed E-state index contributed by atoms with van der Waals surface area (Å²) in [5.74, 6) is 0.640. The second-order valence-corrected chi connectivity index (χ2v) is 4.03. The van der Waals surface area contributed by atoms with Crippen LogP contribution in [0.3, 0.4) is 0 Å². The molecule has 3 heteroatoms. The Bertz CT molecular complexity index is 340. The van der Waals surface area contributed by atoms with Crippen LogP contribution in [0.15, 0.2) is 12.1 Å². The largest absolute Gasteiger partial charge is 0.504 e. The maximum Gasteiger partial charge on any atom is 0.165 e. The van der Waals surface area contributed by atoms with Crippen molar-refractivity contribution in [2.24, 2.45) is 5.73 Å². The number of rotatable bonds is 2. The van der Waals surface area contributed by atoms with Crippen LogP contribution in [0, 0.1) is 6.92 Å². The van der Waals surface area contributed by atoms with E-state index < -0.39 is 5.54 Å². The highest BCUT2D eigenvalue weighted by Crippen LogP contribution is 2.37. The molecule has 78 valence electrons. The van der Waals surface area contributed by atoms with Gasteiger partial charge in [-0.1, -0.05) is 12.1 Å². The number of methoxy groups -OCH3 is 1. The van der Waals surface area contributed by atoms with Crippen LogP contribution >= 0.6 is 0 Å². The molecule has 0 saturated carbocycles. The lowest BCUT2D eigenvalue weighted by Gasteiger charge is -2.23. The van der Waals surface area contributed by atoms with Crippen molar-refractivity contribution in [1.82, 2.24) is 0 Å². The van der Waals surface area contributed by atoms with E-state index in [0.717, 1.165) is 11.1 Å². The molecule has 0 saturated heterocycles. The van der Waals surface area contributed by atoms with Gasteiger partial charge >= 0.3 is 0 Å². The topological polar surface area (TPSA) is 55.5 Å². The lowest BCUT2D eigenvalue weighted by Crippen LogP contribution is -2.29. The molecule has 0 atom stereocenters. The van der Waals surface area contributed by atoms with Gasteiger partial charge < -0.3 is 15.6 Å². The normalized spacial score (nSPS) is 11.5. The Balaban J connectivity index is 3.39. The van der Waals surface area contributed by atoms with Crippen molar-refractivity contribution in [2.45, 2.75) is 26.3 Å². The minimum absolute atomic E-state index is 0.170. The number of aryl methyl sites for hydroxylation is 1. The van der Waals surface area contributed by atoms with Gasteiger partial charge in [0.2, 0.25) is 0 Å². The first-order valence-electron chi connectivity index (χ1n) is 4.54. The molecule has 14 heavy (non-hydrogen) atoms. The molecule has 1 aromatic carbocycles. The van der Waals surface area contributed by atoms with Crippen molar-refractivity contribution in [3.05, 3.63) is 23.3 Å². The second-order valence-electron chi connectivity index (χ2n) is 4.03. The molecule has 1 aromatic rings. The summed E-state index contributed by atoms with van der Waals surface area (Å²) in [5, 5.41) is 9.76. The van der Waals surface area contributed by atoms with Gasteiger partial charge in [-0.25, -0.2) is 0 Å². The number of aromatic hydroxyl groups is 1. The molecule has 3 N–H and O–H groups in total. The van der Waals surface area contributed by atoms with Crippen molar-refractivity contribution >= 4 is 0 Å². The molecular weight excluding hydrogens is 178 g/mol. The summed E-state index contributed by atoms with van der Waals surface area (Å²) < 4.78 is 5.15. The summed E-state index contributed by atoms with van der Waals surface area (Å²) >= 11 is 0. The summed E-state index contributed by atoms with van der Waals surface area (Å²) in [4.78, 5) is 0. The first-order chi connectivity index (χ1) is 6.38. The van der Waals surface area contributed by atoms with Crippen LogP contribution in [-0.2, 0) is 5.54 Å². The molecule has 0 bridgehead atoms. The van der Waals surface area contributed by atoms with Gasteiger partial charge in [0, 0.05) is 11.1 Å². The average molecular weight is 195 g/mol. The van der Waals surface area contributed by atoms with E-state index in [1.165, 1.54) is 7.11 Å². The molecular formula is C11H17NO2. The van der Waals surface area contributed by atoms with Gasteiger partial charge in [0.25, 0.3) is 0 Å². The van der Waals surface area contributed by atoms with Crippen molar-refractivity contribution in [3.63, 3.8) is 0 Å². The fourth-order valence-electron chi connectivity index (χ4n) is 1.38. The third-order valence-corrected chi connectivity index (χ3v) is 2.23. The van der Waals surface area contributed by atoms with E-state index in [9.17, 15) is 5.11 Å². The van der Waals surface area contributed by atoms with Gasteiger partial charge in [-0.2, -0.15) is 0 Å². The molecule has 1 rings (SSSR count). The second kappa shape index (κ2) is 3.50. The Morgan fingerprint density at radius 2 is 1.93 bits per heavy atom. The van der Waals surface area contributed by atoms with Gasteiger partial charge in [-0.15, -0.1) is 0 Å². The van der Waals surface area contributed by atoms with E-state index in [1.807, 2.05) is 32.9 Å². The first kappa shape index (κ1) is 10.9. The van der Waals surface area contributed by atoms with E-state index in [0.29, 0.717) is 5.75 Å². The Hall–Kier alpha value is -1.22. The average Bonchev–Trinajstić information content (AvgIpc) is 2.07. The zero-order valence-electron chi connectivity index (χ0n) is 9.09. The van der Waals surface area contributed by atoms with Crippen LogP contribution in [0.25, 0.3) is 0 Å². The molecule has 0 fully saturated rings. The van der Waals surface area contributed by atoms with Crippen LogP contribution in [0.5, 0.6) is 11.5 Å². The molecule has 3 nitrogen and oxygen atoms in total. The molecule has 0 aliphatic rings. The first-order valence-corrected chi connectivity index (χ1v) is 4.54. The Kier molecular flexibility index (Phi) is 2.71. The zero-order valence-corrected chi connectivity index (χ0v) is 9.09. The lowest BCUT2D eigenvalue weighted by molar-refractivity contribution is 0.357. The Labute approximate surface area is 84.5 Å².